The smallest absolute Gasteiger partial charge is 0.340 e. The van der Waals surface area contributed by atoms with Gasteiger partial charge in [-0.25, -0.2) is 4.79 Å². The molecule has 0 atom stereocenters. The zero-order chi connectivity index (χ0) is 17.6. The Labute approximate surface area is 138 Å². The second kappa shape index (κ2) is 8.12. The number of hydrogen-bond acceptors (Lipinski definition) is 5. The monoisotopic (exact) mass is 338 g/mol. The van der Waals surface area contributed by atoms with Crippen LogP contribution < -0.4 is 10.9 Å². The molecule has 0 unspecified atom stereocenters. The van der Waals surface area contributed by atoms with Gasteiger partial charge in [0.2, 0.25) is 0 Å². The lowest BCUT2D eigenvalue weighted by Gasteiger charge is -2.17. The number of pyridine rings is 1. The van der Waals surface area contributed by atoms with E-state index in [1.165, 1.54) is 23.9 Å². The zero-order valence-corrected chi connectivity index (χ0v) is 15.6. The lowest BCUT2D eigenvalue weighted by Crippen LogP contribution is -2.27. The van der Waals surface area contributed by atoms with Crippen LogP contribution in [0.3, 0.4) is 0 Å². The van der Waals surface area contributed by atoms with Crippen molar-refractivity contribution in [2.24, 2.45) is 7.05 Å². The molecule has 0 spiro atoms. The molecule has 1 N–H and O–H groups in total. The summed E-state index contributed by atoms with van der Waals surface area (Å²) >= 11 is 0. The standard InChI is InChI=1S/C16H26N2O4Si/c1-7-12-13(16(20)21-3)10-18(2)15(19)14(12)17-11-22-8-9-23(4,5)6/h7,10,17H,1,8-9,11H2,2-6H3. The van der Waals surface area contributed by atoms with Crippen LogP contribution in [0.25, 0.3) is 6.08 Å². The molecule has 7 heteroatoms. The Kier molecular flexibility index (Phi) is 6.77. The van der Waals surface area contributed by atoms with Gasteiger partial charge in [0.1, 0.15) is 12.4 Å². The van der Waals surface area contributed by atoms with Crippen LogP contribution in [0.5, 0.6) is 0 Å². The van der Waals surface area contributed by atoms with Gasteiger partial charge >= 0.3 is 5.97 Å². The van der Waals surface area contributed by atoms with Crippen molar-refractivity contribution >= 4 is 25.8 Å². The second-order valence-corrected chi connectivity index (χ2v) is 12.1. The van der Waals surface area contributed by atoms with E-state index in [0.29, 0.717) is 17.9 Å². The summed E-state index contributed by atoms with van der Waals surface area (Å²) in [4.78, 5) is 24.1. The van der Waals surface area contributed by atoms with E-state index in [0.717, 1.165) is 6.04 Å². The van der Waals surface area contributed by atoms with Gasteiger partial charge in [0.15, 0.2) is 0 Å². The highest BCUT2D eigenvalue weighted by Gasteiger charge is 2.18. The lowest BCUT2D eigenvalue weighted by molar-refractivity contribution is 0.0599. The summed E-state index contributed by atoms with van der Waals surface area (Å²) in [6.07, 6.45) is 2.92. The fraction of sp³-hybridized carbons (Fsp3) is 0.500. The number of ether oxygens (including phenoxy) is 2. The number of hydrogen-bond donors (Lipinski definition) is 1. The molecule has 1 rings (SSSR count). The number of methoxy groups -OCH3 is 1. The zero-order valence-electron chi connectivity index (χ0n) is 14.6. The number of nitrogens with one attached hydrogen (secondary N) is 1. The van der Waals surface area contributed by atoms with Gasteiger partial charge in [-0.05, 0) is 6.04 Å². The van der Waals surface area contributed by atoms with Gasteiger partial charge in [-0.15, -0.1) is 0 Å². The van der Waals surface area contributed by atoms with Crippen LogP contribution in [0.1, 0.15) is 15.9 Å². The fourth-order valence-electron chi connectivity index (χ4n) is 1.98. The van der Waals surface area contributed by atoms with Crippen molar-refractivity contribution in [3.8, 4) is 0 Å². The van der Waals surface area contributed by atoms with Crippen LogP contribution in [0.15, 0.2) is 17.6 Å². The van der Waals surface area contributed by atoms with Crippen LogP contribution >= 0.6 is 0 Å². The Morgan fingerprint density at radius 1 is 1.43 bits per heavy atom. The third kappa shape index (κ3) is 5.37. The normalized spacial score (nSPS) is 11.2. The number of aromatic nitrogens is 1. The van der Waals surface area contributed by atoms with Gasteiger partial charge in [-0.1, -0.05) is 32.3 Å². The average molecular weight is 338 g/mol. The van der Waals surface area contributed by atoms with Crippen LogP contribution in [-0.2, 0) is 16.5 Å². The Morgan fingerprint density at radius 3 is 2.61 bits per heavy atom. The molecule has 1 aromatic rings. The molecule has 6 nitrogen and oxygen atoms in total. The molecule has 128 valence electrons. The summed E-state index contributed by atoms with van der Waals surface area (Å²) in [5.41, 5.74) is 0.752. The first kappa shape index (κ1) is 19.2. The minimum atomic E-state index is -1.15. The third-order valence-electron chi connectivity index (χ3n) is 3.37. The van der Waals surface area contributed by atoms with Crippen molar-refractivity contribution in [2.75, 3.05) is 25.8 Å². The number of esters is 1. The molecule has 1 heterocycles. The minimum Gasteiger partial charge on any atom is -0.465 e. The van der Waals surface area contributed by atoms with Crippen molar-refractivity contribution in [3.05, 3.63) is 34.3 Å². The quantitative estimate of drug-likeness (QED) is 0.341. The molecule has 0 aliphatic rings. The Hall–Kier alpha value is -1.86. The predicted octanol–water partition coefficient (Wildman–Crippen LogP) is 2.54. The van der Waals surface area contributed by atoms with E-state index < -0.39 is 14.0 Å². The highest BCUT2D eigenvalue weighted by molar-refractivity contribution is 6.76. The van der Waals surface area contributed by atoms with Crippen molar-refractivity contribution in [1.82, 2.24) is 4.57 Å². The lowest BCUT2D eigenvalue weighted by atomic mass is 10.1. The molecular weight excluding hydrogens is 312 g/mol. The van der Waals surface area contributed by atoms with Gasteiger partial charge < -0.3 is 19.4 Å². The molecular formula is C16H26N2O4Si. The van der Waals surface area contributed by atoms with Gasteiger partial charge in [-0.2, -0.15) is 0 Å². The van der Waals surface area contributed by atoms with E-state index in [4.69, 9.17) is 9.47 Å². The van der Waals surface area contributed by atoms with Crippen molar-refractivity contribution in [2.45, 2.75) is 25.7 Å². The van der Waals surface area contributed by atoms with E-state index in [-0.39, 0.29) is 17.9 Å². The number of carbonyl (C=O) groups is 1. The number of nitrogens with zero attached hydrogens (tertiary/aromatic N) is 1. The summed E-state index contributed by atoms with van der Waals surface area (Å²) in [6, 6.07) is 1.04. The van der Waals surface area contributed by atoms with E-state index in [2.05, 4.69) is 31.5 Å². The Morgan fingerprint density at radius 2 is 2.09 bits per heavy atom. The van der Waals surface area contributed by atoms with Crippen LogP contribution in [0.4, 0.5) is 5.69 Å². The second-order valence-electron chi connectivity index (χ2n) is 6.48. The minimum absolute atomic E-state index is 0.200. The average Bonchev–Trinajstić information content (AvgIpc) is 2.48. The van der Waals surface area contributed by atoms with Crippen LogP contribution in [0.2, 0.25) is 25.7 Å². The molecule has 0 aliphatic heterocycles. The van der Waals surface area contributed by atoms with E-state index in [9.17, 15) is 9.59 Å². The number of carbonyl (C=O) groups excluding carboxylic acids is 1. The first-order valence-corrected chi connectivity index (χ1v) is 11.2. The molecule has 0 amide bonds. The highest BCUT2D eigenvalue weighted by atomic mass is 28.3. The van der Waals surface area contributed by atoms with Crippen LogP contribution in [0, 0.1) is 0 Å². The SMILES string of the molecule is C=Cc1c(C(=O)OC)cn(C)c(=O)c1NCOCC[Si](C)(C)C. The first-order valence-electron chi connectivity index (χ1n) is 7.47. The Balaban J connectivity index is 2.93. The Bertz CT molecular complexity index is 632. The predicted molar refractivity (Wildman–Crippen MR) is 95.7 cm³/mol. The van der Waals surface area contributed by atoms with E-state index >= 15 is 0 Å². The molecule has 0 bridgehead atoms. The summed E-state index contributed by atoms with van der Waals surface area (Å²) in [5.74, 6) is -0.516. The summed E-state index contributed by atoms with van der Waals surface area (Å²) in [6.45, 7) is 11.3. The number of aryl methyl sites for hydroxylation is 1. The molecule has 0 saturated heterocycles. The van der Waals surface area contributed by atoms with E-state index in [1.807, 2.05) is 0 Å². The van der Waals surface area contributed by atoms with Crippen LogP contribution in [-0.4, -0.2) is 39.1 Å². The molecule has 0 fully saturated rings. The third-order valence-corrected chi connectivity index (χ3v) is 5.08. The molecule has 0 aromatic carbocycles. The molecule has 0 saturated carbocycles. The summed E-state index contributed by atoms with van der Waals surface area (Å²) < 4.78 is 11.6. The largest absolute Gasteiger partial charge is 0.465 e. The van der Waals surface area contributed by atoms with Crippen molar-refractivity contribution in [1.29, 1.82) is 0 Å². The van der Waals surface area contributed by atoms with Gasteiger partial charge in [0, 0.05) is 33.5 Å². The molecule has 0 radical (unpaired) electrons. The fourth-order valence-corrected chi connectivity index (χ4v) is 2.73. The summed E-state index contributed by atoms with van der Waals surface area (Å²) in [5, 5.41) is 2.96. The number of anilines is 1. The summed E-state index contributed by atoms with van der Waals surface area (Å²) in [7, 11) is 1.73. The maximum Gasteiger partial charge on any atom is 0.340 e. The van der Waals surface area contributed by atoms with Gasteiger partial charge in [0.25, 0.3) is 5.56 Å². The van der Waals surface area contributed by atoms with Crippen molar-refractivity contribution < 1.29 is 14.3 Å². The topological polar surface area (TPSA) is 69.6 Å². The molecule has 0 aliphatic carbocycles. The van der Waals surface area contributed by atoms with Gasteiger partial charge in [-0.3, -0.25) is 4.79 Å². The maximum absolute atomic E-state index is 12.3. The number of rotatable bonds is 8. The van der Waals surface area contributed by atoms with Gasteiger partial charge in [0.05, 0.1) is 12.7 Å². The van der Waals surface area contributed by atoms with Crippen molar-refractivity contribution in [3.63, 3.8) is 0 Å². The van der Waals surface area contributed by atoms with E-state index in [1.54, 1.807) is 7.05 Å². The first-order chi connectivity index (χ1) is 10.7. The molecule has 1 aromatic heterocycles. The molecule has 23 heavy (non-hydrogen) atoms. The highest BCUT2D eigenvalue weighted by Crippen LogP contribution is 2.18. The maximum atomic E-state index is 12.3.